The number of H-pyrrole nitrogens is 1. The predicted molar refractivity (Wildman–Crippen MR) is 158 cm³/mol. The van der Waals surface area contributed by atoms with Crippen LogP contribution in [0.4, 0.5) is 5.69 Å². The fourth-order valence-electron chi connectivity index (χ4n) is 4.28. The van der Waals surface area contributed by atoms with Crippen molar-refractivity contribution in [3.05, 3.63) is 82.6 Å². The number of aldehydes is 1. The number of aryl methyl sites for hydroxylation is 1. The first kappa shape index (κ1) is 29.2. The predicted octanol–water partition coefficient (Wildman–Crippen LogP) is 5.69. The average molecular weight is 534 g/mol. The molecule has 1 aliphatic carbocycles. The number of nitrogens with two attached hydrogens (primary N) is 1. The van der Waals surface area contributed by atoms with Gasteiger partial charge in [0.1, 0.15) is 10.5 Å². The third-order valence-corrected chi connectivity index (χ3v) is 7.47. The Bertz CT molecular complexity index is 1290. The third kappa shape index (κ3) is 8.34. The molecule has 1 aliphatic rings. The van der Waals surface area contributed by atoms with Crippen LogP contribution >= 0.6 is 11.3 Å². The van der Waals surface area contributed by atoms with Crippen LogP contribution in [0.25, 0.3) is 10.2 Å². The molecule has 5 rings (SSSR count). The number of hydrogen-bond acceptors (Lipinski definition) is 6. The van der Waals surface area contributed by atoms with Gasteiger partial charge in [0.2, 0.25) is 0 Å². The Kier molecular flexibility index (Phi) is 10.8. The summed E-state index contributed by atoms with van der Waals surface area (Å²) in [5, 5.41) is 6.79. The summed E-state index contributed by atoms with van der Waals surface area (Å²) < 4.78 is 0. The molecule has 0 bridgehead atoms. The van der Waals surface area contributed by atoms with E-state index in [-0.39, 0.29) is 5.91 Å². The van der Waals surface area contributed by atoms with Crippen molar-refractivity contribution in [3.8, 4) is 0 Å². The first-order valence-electron chi connectivity index (χ1n) is 13.0. The minimum Gasteiger partial charge on any atom is -0.357 e. The van der Waals surface area contributed by atoms with E-state index in [0.717, 1.165) is 58.9 Å². The maximum atomic E-state index is 11.5. The molecule has 1 aromatic carbocycles. The zero-order chi connectivity index (χ0) is 27.5. The van der Waals surface area contributed by atoms with Crippen molar-refractivity contribution in [3.63, 3.8) is 0 Å². The van der Waals surface area contributed by atoms with E-state index >= 15 is 0 Å². The average Bonchev–Trinajstić information content (AvgIpc) is 3.58. The van der Waals surface area contributed by atoms with E-state index in [1.807, 2.05) is 43.4 Å². The highest BCUT2D eigenvalue weighted by molar-refractivity contribution is 7.20. The minimum absolute atomic E-state index is 0.124. The molecule has 4 aromatic rings. The van der Waals surface area contributed by atoms with Gasteiger partial charge in [-0.25, -0.2) is 4.98 Å². The molecule has 0 saturated carbocycles. The summed E-state index contributed by atoms with van der Waals surface area (Å²) in [5.41, 5.74) is 9.42. The van der Waals surface area contributed by atoms with E-state index in [4.69, 9.17) is 10.7 Å². The van der Waals surface area contributed by atoms with Gasteiger partial charge in [-0.2, -0.15) is 0 Å². The number of nitrogens with zero attached hydrogens (tertiary/aromatic N) is 1. The Morgan fingerprint density at radius 3 is 2.53 bits per heavy atom. The molecule has 7 nitrogen and oxygen atoms in total. The molecule has 1 amide bonds. The number of pyridine rings is 1. The van der Waals surface area contributed by atoms with Crippen LogP contribution < -0.4 is 16.4 Å². The highest BCUT2D eigenvalue weighted by Gasteiger charge is 2.29. The van der Waals surface area contributed by atoms with E-state index in [2.05, 4.69) is 42.5 Å². The van der Waals surface area contributed by atoms with Crippen molar-refractivity contribution in [2.75, 3.05) is 25.5 Å². The second-order valence-corrected chi connectivity index (χ2v) is 11.4. The topological polar surface area (TPSA) is 113 Å². The largest absolute Gasteiger partial charge is 0.357 e. The Labute approximate surface area is 229 Å². The van der Waals surface area contributed by atoms with Crippen molar-refractivity contribution >= 4 is 39.4 Å². The summed E-state index contributed by atoms with van der Waals surface area (Å²) in [6.45, 7) is 8.62. The van der Waals surface area contributed by atoms with E-state index < -0.39 is 0 Å². The van der Waals surface area contributed by atoms with Crippen LogP contribution in [0.15, 0.2) is 60.8 Å². The molecular formula is C30H39N5O2S. The Hall–Kier alpha value is -3.33. The highest BCUT2D eigenvalue weighted by Crippen LogP contribution is 2.38. The van der Waals surface area contributed by atoms with Gasteiger partial charge in [0, 0.05) is 36.1 Å². The lowest BCUT2D eigenvalue weighted by molar-refractivity contribution is 0.102. The molecule has 0 radical (unpaired) electrons. The number of carbonyl (C=O) groups excluding carboxylic acids is 2. The van der Waals surface area contributed by atoms with Crippen LogP contribution in [0, 0.1) is 11.3 Å². The SMILES string of the molecule is CC(C)(C)C1CCc2nc3sc(C=O)cc3cc2C1.CNCCN.O=C(Nc1ccccc1)c1ccc[nH]1. The maximum Gasteiger partial charge on any atom is 0.272 e. The van der Waals surface area contributed by atoms with Crippen LogP contribution in [0.1, 0.15) is 58.6 Å². The summed E-state index contributed by atoms with van der Waals surface area (Å²) in [6, 6.07) is 17.1. The first-order valence-corrected chi connectivity index (χ1v) is 13.8. The van der Waals surface area contributed by atoms with Crippen LogP contribution in [0.3, 0.4) is 0 Å². The molecule has 3 aromatic heterocycles. The van der Waals surface area contributed by atoms with E-state index in [9.17, 15) is 9.59 Å². The van der Waals surface area contributed by atoms with Crippen molar-refractivity contribution in [2.24, 2.45) is 17.1 Å². The number of likely N-dealkylation sites (N-methyl/N-ethyl adjacent to an activating group) is 1. The molecule has 0 fully saturated rings. The summed E-state index contributed by atoms with van der Waals surface area (Å²) in [7, 11) is 1.88. The number of amides is 1. The smallest absolute Gasteiger partial charge is 0.272 e. The fraction of sp³-hybridized carbons (Fsp3) is 0.367. The number of rotatable bonds is 5. The van der Waals surface area contributed by atoms with Gasteiger partial charge in [0.15, 0.2) is 6.29 Å². The fourth-order valence-corrected chi connectivity index (χ4v) is 5.12. The first-order chi connectivity index (χ1) is 18.2. The number of benzene rings is 1. The number of fused-ring (bicyclic) bond motifs is 2. The van der Waals surface area contributed by atoms with E-state index in [0.29, 0.717) is 11.1 Å². The van der Waals surface area contributed by atoms with Crippen LogP contribution in [-0.4, -0.2) is 42.3 Å². The standard InChI is InChI=1S/C16H19NOS.C11H10N2O.C3H10N2/c1-16(2,3)12-4-5-14-10(7-12)6-11-8-13(9-18)19-15(11)17-14;14-11(10-7-4-8-12-10)13-9-5-2-1-3-6-9;1-5-3-2-4/h6,8-9,12H,4-5,7H2,1-3H3;1-8,12H,(H,13,14);5H,2-4H2,1H3. The van der Waals surface area contributed by atoms with Gasteiger partial charge in [-0.1, -0.05) is 39.0 Å². The second kappa shape index (κ2) is 14.0. The highest BCUT2D eigenvalue weighted by atomic mass is 32.1. The van der Waals surface area contributed by atoms with Gasteiger partial charge in [0.05, 0.1) is 4.88 Å². The molecular weight excluding hydrogens is 494 g/mol. The monoisotopic (exact) mass is 533 g/mol. The molecule has 1 atom stereocenters. The third-order valence-electron chi connectivity index (χ3n) is 6.50. The number of hydrogen-bond donors (Lipinski definition) is 4. The van der Waals surface area contributed by atoms with Gasteiger partial charge >= 0.3 is 0 Å². The second-order valence-electron chi connectivity index (χ2n) is 10.4. The molecule has 0 spiro atoms. The van der Waals surface area contributed by atoms with Crippen molar-refractivity contribution in [1.29, 1.82) is 0 Å². The normalized spacial score (nSPS) is 14.4. The van der Waals surface area contributed by atoms with Gasteiger partial charge in [-0.15, -0.1) is 11.3 Å². The Morgan fingerprint density at radius 2 is 1.95 bits per heavy atom. The summed E-state index contributed by atoms with van der Waals surface area (Å²) in [4.78, 5) is 31.8. The molecule has 1 unspecified atom stereocenters. The van der Waals surface area contributed by atoms with Crippen molar-refractivity contribution < 1.29 is 9.59 Å². The van der Waals surface area contributed by atoms with Crippen molar-refractivity contribution in [2.45, 2.75) is 40.0 Å². The molecule has 5 N–H and O–H groups in total. The number of para-hydroxylation sites is 1. The molecule has 0 saturated heterocycles. The molecule has 38 heavy (non-hydrogen) atoms. The number of anilines is 1. The quantitative estimate of drug-likeness (QED) is 0.246. The van der Waals surface area contributed by atoms with Crippen LogP contribution in [-0.2, 0) is 12.8 Å². The Morgan fingerprint density at radius 1 is 1.18 bits per heavy atom. The molecule has 202 valence electrons. The lowest BCUT2D eigenvalue weighted by Gasteiger charge is -2.34. The van der Waals surface area contributed by atoms with Crippen LogP contribution in [0.5, 0.6) is 0 Å². The van der Waals surface area contributed by atoms with Gasteiger partial charge < -0.3 is 21.4 Å². The number of nitrogens with one attached hydrogen (secondary N) is 3. The number of thiophene rings is 1. The number of aromatic amines is 1. The van der Waals surface area contributed by atoms with Gasteiger partial charge in [-0.3, -0.25) is 9.59 Å². The summed E-state index contributed by atoms with van der Waals surface area (Å²) in [6.07, 6.45) is 6.06. The van der Waals surface area contributed by atoms with Gasteiger partial charge in [-0.05, 0) is 79.6 Å². The zero-order valence-electron chi connectivity index (χ0n) is 22.7. The maximum absolute atomic E-state index is 11.5. The zero-order valence-corrected chi connectivity index (χ0v) is 23.5. The van der Waals surface area contributed by atoms with Crippen molar-refractivity contribution in [1.82, 2.24) is 15.3 Å². The van der Waals surface area contributed by atoms with E-state index in [1.165, 1.54) is 29.0 Å². The molecule has 3 heterocycles. The summed E-state index contributed by atoms with van der Waals surface area (Å²) in [5.74, 6) is 0.602. The van der Waals surface area contributed by atoms with Crippen LogP contribution in [0.2, 0.25) is 0 Å². The van der Waals surface area contributed by atoms with Gasteiger partial charge in [0.25, 0.3) is 5.91 Å². The molecule has 0 aliphatic heterocycles. The number of aromatic nitrogens is 2. The van der Waals surface area contributed by atoms with E-state index in [1.54, 1.807) is 18.3 Å². The summed E-state index contributed by atoms with van der Waals surface area (Å²) >= 11 is 1.50. The Balaban J connectivity index is 0.000000185. The minimum atomic E-state index is -0.124. The molecule has 8 heteroatoms. The lowest BCUT2D eigenvalue weighted by Crippen LogP contribution is -2.27. The number of carbonyl (C=O) groups is 2. The lowest BCUT2D eigenvalue weighted by atomic mass is 9.71.